The van der Waals surface area contributed by atoms with Crippen LogP contribution in [0.1, 0.15) is 32.6 Å². The van der Waals surface area contributed by atoms with Crippen molar-refractivity contribution in [2.24, 2.45) is 5.92 Å². The van der Waals surface area contributed by atoms with E-state index in [1.165, 1.54) is 4.90 Å². The molecule has 1 rings (SSSR count). The average molecular weight is 212 g/mol. The van der Waals surface area contributed by atoms with Gasteiger partial charge in [0.15, 0.2) is 0 Å². The van der Waals surface area contributed by atoms with Gasteiger partial charge in [0.1, 0.15) is 0 Å². The van der Waals surface area contributed by atoms with Crippen LogP contribution in [0.25, 0.3) is 0 Å². The number of carbonyl (C=O) groups excluding carboxylic acids is 2. The molecule has 0 aliphatic carbocycles. The second kappa shape index (κ2) is 5.85. The molecule has 1 heterocycles. The van der Waals surface area contributed by atoms with Crippen molar-refractivity contribution in [2.45, 2.75) is 32.6 Å². The molecule has 0 bridgehead atoms. The third-order valence-corrected chi connectivity index (χ3v) is 2.78. The number of carbonyl (C=O) groups is 2. The molecular formula is C11H20N2O2. The van der Waals surface area contributed by atoms with E-state index in [1.54, 1.807) is 0 Å². The first-order valence-electron chi connectivity index (χ1n) is 5.65. The van der Waals surface area contributed by atoms with Crippen molar-refractivity contribution in [1.29, 1.82) is 0 Å². The van der Waals surface area contributed by atoms with E-state index in [4.69, 9.17) is 0 Å². The first kappa shape index (κ1) is 12.2. The lowest BCUT2D eigenvalue weighted by Gasteiger charge is -2.13. The molecule has 4 heteroatoms. The number of likely N-dealkylation sites (tertiary alicyclic amines) is 1. The standard InChI is InChI=1S/C11H20N2O2/c1-9-8-10(14)13(11(9)15)7-5-3-4-6-12-2/h9,12H,3-8H2,1-2H3. The van der Waals surface area contributed by atoms with Crippen molar-refractivity contribution in [2.75, 3.05) is 20.1 Å². The smallest absolute Gasteiger partial charge is 0.232 e. The number of hydrogen-bond acceptors (Lipinski definition) is 3. The molecule has 2 amide bonds. The first-order valence-corrected chi connectivity index (χ1v) is 5.65. The molecule has 1 N–H and O–H groups in total. The summed E-state index contributed by atoms with van der Waals surface area (Å²) < 4.78 is 0. The number of imide groups is 1. The minimum absolute atomic E-state index is 0.00103. The highest BCUT2D eigenvalue weighted by Gasteiger charge is 2.34. The molecule has 0 radical (unpaired) electrons. The first-order chi connectivity index (χ1) is 7.16. The van der Waals surface area contributed by atoms with Gasteiger partial charge < -0.3 is 5.32 Å². The zero-order valence-corrected chi connectivity index (χ0v) is 9.58. The Morgan fingerprint density at radius 1 is 1.33 bits per heavy atom. The fourth-order valence-electron chi connectivity index (χ4n) is 1.83. The molecule has 0 aromatic heterocycles. The van der Waals surface area contributed by atoms with Gasteiger partial charge in [-0.05, 0) is 26.4 Å². The molecule has 0 aromatic carbocycles. The van der Waals surface area contributed by atoms with Crippen LogP contribution in [0.15, 0.2) is 0 Å². The van der Waals surface area contributed by atoms with Crippen LogP contribution in [0.5, 0.6) is 0 Å². The van der Waals surface area contributed by atoms with Crippen molar-refractivity contribution in [3.63, 3.8) is 0 Å². The summed E-state index contributed by atoms with van der Waals surface area (Å²) in [6, 6.07) is 0. The lowest BCUT2D eigenvalue weighted by Crippen LogP contribution is -2.31. The van der Waals surface area contributed by atoms with Crippen LogP contribution in [0.4, 0.5) is 0 Å². The van der Waals surface area contributed by atoms with E-state index in [2.05, 4.69) is 5.32 Å². The maximum atomic E-state index is 11.5. The van der Waals surface area contributed by atoms with Crippen LogP contribution in [-0.2, 0) is 9.59 Å². The normalized spacial score (nSPS) is 21.5. The van der Waals surface area contributed by atoms with E-state index < -0.39 is 0 Å². The number of amides is 2. The van der Waals surface area contributed by atoms with Gasteiger partial charge in [-0.15, -0.1) is 0 Å². The van der Waals surface area contributed by atoms with E-state index in [1.807, 2.05) is 14.0 Å². The third kappa shape index (κ3) is 3.30. The largest absolute Gasteiger partial charge is 0.320 e. The van der Waals surface area contributed by atoms with Gasteiger partial charge >= 0.3 is 0 Å². The van der Waals surface area contributed by atoms with Crippen LogP contribution >= 0.6 is 0 Å². The number of nitrogens with zero attached hydrogens (tertiary/aromatic N) is 1. The molecular weight excluding hydrogens is 192 g/mol. The van der Waals surface area contributed by atoms with Crippen LogP contribution in [0.2, 0.25) is 0 Å². The van der Waals surface area contributed by atoms with Crippen LogP contribution in [-0.4, -0.2) is 36.9 Å². The molecule has 1 saturated heterocycles. The second-order valence-corrected chi connectivity index (χ2v) is 4.15. The Balaban J connectivity index is 2.21. The summed E-state index contributed by atoms with van der Waals surface area (Å²) in [5.41, 5.74) is 0. The summed E-state index contributed by atoms with van der Waals surface area (Å²) >= 11 is 0. The Labute approximate surface area is 91.0 Å². The van der Waals surface area contributed by atoms with Crippen molar-refractivity contribution in [1.82, 2.24) is 10.2 Å². The average Bonchev–Trinajstić information content (AvgIpc) is 2.44. The molecule has 0 aromatic rings. The van der Waals surface area contributed by atoms with Crippen molar-refractivity contribution in [3.8, 4) is 0 Å². The molecule has 1 unspecified atom stereocenters. The number of hydrogen-bond donors (Lipinski definition) is 1. The molecule has 1 aliphatic heterocycles. The van der Waals surface area contributed by atoms with E-state index >= 15 is 0 Å². The van der Waals surface area contributed by atoms with Crippen LogP contribution < -0.4 is 5.32 Å². The lowest BCUT2D eigenvalue weighted by atomic mass is 10.1. The molecule has 1 aliphatic rings. The molecule has 86 valence electrons. The van der Waals surface area contributed by atoms with Gasteiger partial charge in [0, 0.05) is 18.9 Å². The highest BCUT2D eigenvalue weighted by atomic mass is 16.2. The number of rotatable bonds is 6. The molecule has 0 spiro atoms. The van der Waals surface area contributed by atoms with Crippen molar-refractivity contribution in [3.05, 3.63) is 0 Å². The Hall–Kier alpha value is -0.900. The molecule has 1 atom stereocenters. The predicted octanol–water partition coefficient (Wildman–Crippen LogP) is 0.771. The quantitative estimate of drug-likeness (QED) is 0.522. The van der Waals surface area contributed by atoms with Gasteiger partial charge in [0.25, 0.3) is 0 Å². The SMILES string of the molecule is CNCCCCCN1C(=O)CC(C)C1=O. The van der Waals surface area contributed by atoms with Gasteiger partial charge in [0.05, 0.1) is 0 Å². The lowest BCUT2D eigenvalue weighted by molar-refractivity contribution is -0.139. The molecule has 1 fully saturated rings. The fraction of sp³-hybridized carbons (Fsp3) is 0.818. The zero-order valence-electron chi connectivity index (χ0n) is 9.58. The van der Waals surface area contributed by atoms with Crippen molar-refractivity contribution >= 4 is 11.8 Å². The minimum Gasteiger partial charge on any atom is -0.320 e. The maximum Gasteiger partial charge on any atom is 0.232 e. The summed E-state index contributed by atoms with van der Waals surface area (Å²) in [6.45, 7) is 3.42. The molecule has 0 saturated carbocycles. The van der Waals surface area contributed by atoms with E-state index in [0.29, 0.717) is 13.0 Å². The van der Waals surface area contributed by atoms with Gasteiger partial charge in [0.2, 0.25) is 11.8 Å². The van der Waals surface area contributed by atoms with Crippen molar-refractivity contribution < 1.29 is 9.59 Å². The Bertz CT molecular complexity index is 241. The van der Waals surface area contributed by atoms with Gasteiger partial charge in [-0.2, -0.15) is 0 Å². The van der Waals surface area contributed by atoms with Crippen LogP contribution in [0, 0.1) is 5.92 Å². The monoisotopic (exact) mass is 212 g/mol. The highest BCUT2D eigenvalue weighted by molar-refractivity contribution is 6.03. The second-order valence-electron chi connectivity index (χ2n) is 4.15. The number of nitrogens with one attached hydrogen (secondary N) is 1. The summed E-state index contributed by atoms with van der Waals surface area (Å²) in [6.07, 6.45) is 3.48. The van der Waals surface area contributed by atoms with Gasteiger partial charge in [-0.25, -0.2) is 0 Å². The fourth-order valence-corrected chi connectivity index (χ4v) is 1.83. The summed E-state index contributed by atoms with van der Waals surface area (Å²) in [7, 11) is 1.93. The Kier molecular flexibility index (Phi) is 4.75. The Morgan fingerprint density at radius 3 is 2.60 bits per heavy atom. The van der Waals surface area contributed by atoms with Gasteiger partial charge in [-0.3, -0.25) is 14.5 Å². The van der Waals surface area contributed by atoms with E-state index in [9.17, 15) is 9.59 Å². The third-order valence-electron chi connectivity index (χ3n) is 2.78. The topological polar surface area (TPSA) is 49.4 Å². The van der Waals surface area contributed by atoms with Crippen LogP contribution in [0.3, 0.4) is 0 Å². The minimum atomic E-state index is -0.102. The highest BCUT2D eigenvalue weighted by Crippen LogP contribution is 2.19. The van der Waals surface area contributed by atoms with E-state index in [0.717, 1.165) is 25.8 Å². The summed E-state index contributed by atoms with van der Waals surface area (Å²) in [5.74, 6) is -0.0930. The van der Waals surface area contributed by atoms with Gasteiger partial charge in [-0.1, -0.05) is 13.3 Å². The maximum absolute atomic E-state index is 11.5. The summed E-state index contributed by atoms with van der Waals surface area (Å²) in [5, 5.41) is 3.07. The molecule has 4 nitrogen and oxygen atoms in total. The predicted molar refractivity (Wildman–Crippen MR) is 58.3 cm³/mol. The number of unbranched alkanes of at least 4 members (excludes halogenated alkanes) is 2. The summed E-state index contributed by atoms with van der Waals surface area (Å²) in [4.78, 5) is 24.4. The Morgan fingerprint density at radius 2 is 2.07 bits per heavy atom. The van der Waals surface area contributed by atoms with E-state index in [-0.39, 0.29) is 17.7 Å². The molecule has 15 heavy (non-hydrogen) atoms. The zero-order chi connectivity index (χ0) is 11.3.